The van der Waals surface area contributed by atoms with Gasteiger partial charge in [-0.25, -0.2) is 17.9 Å². The molecule has 0 saturated carbocycles. The van der Waals surface area contributed by atoms with Crippen molar-refractivity contribution in [3.63, 3.8) is 0 Å². The van der Waals surface area contributed by atoms with Crippen LogP contribution < -0.4 is 10.0 Å². The van der Waals surface area contributed by atoms with E-state index in [4.69, 9.17) is 5.11 Å². The van der Waals surface area contributed by atoms with Crippen LogP contribution in [0.2, 0.25) is 0 Å². The van der Waals surface area contributed by atoms with Gasteiger partial charge in [0.05, 0.1) is 11.3 Å². The summed E-state index contributed by atoms with van der Waals surface area (Å²) in [6.45, 7) is 7.32. The maximum absolute atomic E-state index is 12.4. The first-order chi connectivity index (χ1) is 9.67. The fourth-order valence-corrected chi connectivity index (χ4v) is 3.18. The maximum atomic E-state index is 12.4. The predicted molar refractivity (Wildman–Crippen MR) is 82.2 cm³/mol. The third kappa shape index (κ3) is 4.71. The number of carboxylic acids is 1. The number of carboxylic acid groups (broad SMARTS) is 1. The molecule has 0 saturated heterocycles. The zero-order valence-corrected chi connectivity index (χ0v) is 13.5. The molecule has 1 aromatic rings. The van der Waals surface area contributed by atoms with Crippen molar-refractivity contribution < 1.29 is 18.3 Å². The molecular formula is C14H22N2O4S. The van der Waals surface area contributed by atoms with Crippen molar-refractivity contribution in [3.8, 4) is 0 Å². The molecule has 6 nitrogen and oxygen atoms in total. The van der Waals surface area contributed by atoms with Gasteiger partial charge in [0.25, 0.3) is 0 Å². The van der Waals surface area contributed by atoms with Crippen LogP contribution in [0.4, 0.5) is 5.69 Å². The van der Waals surface area contributed by atoms with Gasteiger partial charge < -0.3 is 10.4 Å². The van der Waals surface area contributed by atoms with Crippen LogP contribution in [0.15, 0.2) is 23.1 Å². The Bertz CT molecular complexity index is 611. The van der Waals surface area contributed by atoms with E-state index in [1.54, 1.807) is 13.8 Å². The van der Waals surface area contributed by atoms with Crippen molar-refractivity contribution in [2.45, 2.75) is 51.1 Å². The number of hydrogen-bond donors (Lipinski definition) is 3. The molecule has 0 radical (unpaired) electrons. The highest BCUT2D eigenvalue weighted by Gasteiger charge is 2.22. The molecule has 0 spiro atoms. The molecule has 7 heteroatoms. The SMILES string of the molecule is CC[C@H](C)Nc1ccc(C(=O)O)cc1S(=O)(=O)NC(C)C. The van der Waals surface area contributed by atoms with Gasteiger partial charge >= 0.3 is 5.97 Å². The summed E-state index contributed by atoms with van der Waals surface area (Å²) >= 11 is 0. The number of aromatic carboxylic acids is 1. The van der Waals surface area contributed by atoms with E-state index in [-0.39, 0.29) is 22.5 Å². The number of sulfonamides is 1. The molecule has 0 heterocycles. The Labute approximate surface area is 125 Å². The maximum Gasteiger partial charge on any atom is 0.335 e. The third-order valence-electron chi connectivity index (χ3n) is 2.92. The monoisotopic (exact) mass is 314 g/mol. The summed E-state index contributed by atoms with van der Waals surface area (Å²) < 4.78 is 27.2. The van der Waals surface area contributed by atoms with Crippen LogP contribution in [0.1, 0.15) is 44.5 Å². The van der Waals surface area contributed by atoms with Crippen molar-refractivity contribution in [2.75, 3.05) is 5.32 Å². The van der Waals surface area contributed by atoms with Gasteiger partial charge in [0, 0.05) is 12.1 Å². The molecule has 0 aliphatic rings. The van der Waals surface area contributed by atoms with E-state index in [1.165, 1.54) is 18.2 Å². The molecule has 0 aliphatic heterocycles. The molecule has 1 aromatic carbocycles. The molecule has 0 aromatic heterocycles. The van der Waals surface area contributed by atoms with Crippen molar-refractivity contribution in [1.29, 1.82) is 0 Å². The van der Waals surface area contributed by atoms with E-state index in [0.717, 1.165) is 6.42 Å². The van der Waals surface area contributed by atoms with Crippen molar-refractivity contribution in [3.05, 3.63) is 23.8 Å². The van der Waals surface area contributed by atoms with Gasteiger partial charge in [-0.3, -0.25) is 0 Å². The Balaban J connectivity index is 3.35. The molecule has 0 unspecified atom stereocenters. The molecule has 118 valence electrons. The summed E-state index contributed by atoms with van der Waals surface area (Å²) in [6, 6.07) is 3.86. The van der Waals surface area contributed by atoms with Gasteiger partial charge in [-0.2, -0.15) is 0 Å². The fraction of sp³-hybridized carbons (Fsp3) is 0.500. The fourth-order valence-electron chi connectivity index (χ4n) is 1.74. The van der Waals surface area contributed by atoms with Crippen LogP contribution in [0.25, 0.3) is 0 Å². The minimum absolute atomic E-state index is 0.0450. The Morgan fingerprint density at radius 1 is 1.29 bits per heavy atom. The molecule has 0 aliphatic carbocycles. The van der Waals surface area contributed by atoms with Crippen molar-refractivity contribution >= 4 is 21.7 Å². The topological polar surface area (TPSA) is 95.5 Å². The van der Waals surface area contributed by atoms with Crippen LogP contribution >= 0.6 is 0 Å². The quantitative estimate of drug-likeness (QED) is 0.717. The number of rotatable bonds is 7. The highest BCUT2D eigenvalue weighted by atomic mass is 32.2. The predicted octanol–water partition coefficient (Wildman–Crippen LogP) is 2.28. The Morgan fingerprint density at radius 2 is 1.90 bits per heavy atom. The number of hydrogen-bond acceptors (Lipinski definition) is 4. The largest absolute Gasteiger partial charge is 0.478 e. The highest BCUT2D eigenvalue weighted by Crippen LogP contribution is 2.24. The van der Waals surface area contributed by atoms with Gasteiger partial charge in [0.1, 0.15) is 4.90 Å². The van der Waals surface area contributed by atoms with E-state index in [9.17, 15) is 13.2 Å². The zero-order chi connectivity index (χ0) is 16.2. The van der Waals surface area contributed by atoms with E-state index in [2.05, 4.69) is 10.0 Å². The molecule has 21 heavy (non-hydrogen) atoms. The Hall–Kier alpha value is -1.60. The lowest BCUT2D eigenvalue weighted by atomic mass is 10.2. The van der Waals surface area contributed by atoms with Gasteiger partial charge in [0.15, 0.2) is 0 Å². The normalized spacial score (nSPS) is 13.2. The lowest BCUT2D eigenvalue weighted by Crippen LogP contribution is -2.31. The Morgan fingerprint density at radius 3 is 2.38 bits per heavy atom. The van der Waals surface area contributed by atoms with Crippen molar-refractivity contribution in [2.24, 2.45) is 0 Å². The van der Waals surface area contributed by atoms with E-state index < -0.39 is 16.0 Å². The van der Waals surface area contributed by atoms with Gasteiger partial charge in [-0.05, 0) is 45.4 Å². The van der Waals surface area contributed by atoms with Crippen molar-refractivity contribution in [1.82, 2.24) is 4.72 Å². The number of benzene rings is 1. The van der Waals surface area contributed by atoms with Crippen LogP contribution in [-0.2, 0) is 10.0 Å². The summed E-state index contributed by atoms with van der Waals surface area (Å²) in [7, 11) is -3.78. The second-order valence-corrected chi connectivity index (χ2v) is 6.93. The van der Waals surface area contributed by atoms with Gasteiger partial charge in [-0.15, -0.1) is 0 Å². The van der Waals surface area contributed by atoms with Crippen LogP contribution in [-0.4, -0.2) is 31.6 Å². The van der Waals surface area contributed by atoms with Gasteiger partial charge in [-0.1, -0.05) is 6.92 Å². The lowest BCUT2D eigenvalue weighted by Gasteiger charge is -2.18. The summed E-state index contributed by atoms with van der Waals surface area (Å²) in [5.41, 5.74) is 0.344. The number of nitrogens with one attached hydrogen (secondary N) is 2. The minimum Gasteiger partial charge on any atom is -0.478 e. The average Bonchev–Trinajstić information content (AvgIpc) is 2.37. The first-order valence-corrected chi connectivity index (χ1v) is 8.32. The molecule has 0 bridgehead atoms. The third-order valence-corrected chi connectivity index (χ3v) is 4.62. The highest BCUT2D eigenvalue weighted by molar-refractivity contribution is 7.89. The molecule has 3 N–H and O–H groups in total. The Kier molecular flexibility index (Phi) is 5.74. The zero-order valence-electron chi connectivity index (χ0n) is 12.7. The molecule has 0 fully saturated rings. The molecule has 1 rings (SSSR count). The summed E-state index contributed by atoms with van der Waals surface area (Å²) in [6.07, 6.45) is 0.817. The summed E-state index contributed by atoms with van der Waals surface area (Å²) in [5, 5.41) is 12.1. The minimum atomic E-state index is -3.78. The number of carbonyl (C=O) groups is 1. The van der Waals surface area contributed by atoms with E-state index in [1.807, 2.05) is 13.8 Å². The average molecular weight is 314 g/mol. The standard InChI is InChI=1S/C14H22N2O4S/c1-5-10(4)15-12-7-6-11(14(17)18)8-13(12)21(19,20)16-9(2)3/h6-10,15-16H,5H2,1-4H3,(H,17,18)/t10-/m0/s1. The smallest absolute Gasteiger partial charge is 0.335 e. The molecular weight excluding hydrogens is 292 g/mol. The van der Waals surface area contributed by atoms with Crippen LogP contribution in [0.3, 0.4) is 0 Å². The van der Waals surface area contributed by atoms with Gasteiger partial charge in [0.2, 0.25) is 10.0 Å². The first-order valence-electron chi connectivity index (χ1n) is 6.83. The second-order valence-electron chi connectivity index (χ2n) is 5.25. The lowest BCUT2D eigenvalue weighted by molar-refractivity contribution is 0.0696. The molecule has 0 amide bonds. The van der Waals surface area contributed by atoms with Crippen LogP contribution in [0, 0.1) is 0 Å². The van der Waals surface area contributed by atoms with E-state index >= 15 is 0 Å². The number of anilines is 1. The van der Waals surface area contributed by atoms with E-state index in [0.29, 0.717) is 5.69 Å². The summed E-state index contributed by atoms with van der Waals surface area (Å²) in [5.74, 6) is -1.16. The first kappa shape index (κ1) is 17.5. The van der Waals surface area contributed by atoms with Crippen LogP contribution in [0.5, 0.6) is 0 Å². The second kappa shape index (κ2) is 6.91. The molecule has 1 atom stereocenters. The summed E-state index contributed by atoms with van der Waals surface area (Å²) in [4.78, 5) is 11.0.